The molecule has 0 bridgehead atoms. The van der Waals surface area contributed by atoms with Gasteiger partial charge in [0.1, 0.15) is 0 Å². The summed E-state index contributed by atoms with van der Waals surface area (Å²) in [5, 5.41) is 0. The van der Waals surface area contributed by atoms with Crippen molar-refractivity contribution in [1.29, 1.82) is 0 Å². The second-order valence-electron chi connectivity index (χ2n) is 5.58. The first kappa shape index (κ1) is 14.7. The highest BCUT2D eigenvalue weighted by Crippen LogP contribution is 2.28. The highest BCUT2D eigenvalue weighted by Gasteiger charge is 2.21. The molecular weight excluding hydrogens is 252 g/mol. The maximum Gasteiger partial charge on any atom is 0.340 e. The first-order valence-corrected chi connectivity index (χ1v) is 7.43. The van der Waals surface area contributed by atoms with Gasteiger partial charge in [0, 0.05) is 18.8 Å². The van der Waals surface area contributed by atoms with Crippen LogP contribution in [0.4, 0.5) is 11.4 Å². The van der Waals surface area contributed by atoms with Crippen molar-refractivity contribution in [3.05, 3.63) is 23.8 Å². The summed E-state index contributed by atoms with van der Waals surface area (Å²) in [6.07, 6.45) is 3.15. The van der Waals surface area contributed by atoms with Gasteiger partial charge in [0.25, 0.3) is 0 Å². The second kappa shape index (κ2) is 6.64. The van der Waals surface area contributed by atoms with Gasteiger partial charge in [-0.05, 0) is 43.4 Å². The van der Waals surface area contributed by atoms with Crippen LogP contribution in [0.3, 0.4) is 0 Å². The van der Waals surface area contributed by atoms with Crippen LogP contribution in [0.15, 0.2) is 18.2 Å². The molecule has 4 nitrogen and oxygen atoms in total. The average molecular weight is 276 g/mol. The number of piperidine rings is 1. The molecule has 110 valence electrons. The molecule has 0 radical (unpaired) electrons. The van der Waals surface area contributed by atoms with E-state index in [0.717, 1.165) is 44.0 Å². The normalized spacial score (nSPS) is 16.2. The highest BCUT2D eigenvalue weighted by molar-refractivity contribution is 5.97. The number of ether oxygens (including phenoxy) is 1. The second-order valence-corrected chi connectivity index (χ2v) is 5.58. The van der Waals surface area contributed by atoms with Gasteiger partial charge in [0.15, 0.2) is 0 Å². The molecule has 4 heteroatoms. The minimum Gasteiger partial charge on any atom is -0.462 e. The number of anilines is 2. The summed E-state index contributed by atoms with van der Waals surface area (Å²) in [5.74, 6) is 0.489. The van der Waals surface area contributed by atoms with Crippen molar-refractivity contribution < 1.29 is 9.53 Å². The molecule has 0 unspecified atom stereocenters. The van der Waals surface area contributed by atoms with Gasteiger partial charge in [0.05, 0.1) is 17.9 Å². The van der Waals surface area contributed by atoms with Gasteiger partial charge in [-0.3, -0.25) is 0 Å². The monoisotopic (exact) mass is 276 g/mol. The summed E-state index contributed by atoms with van der Waals surface area (Å²) >= 11 is 0. The lowest BCUT2D eigenvalue weighted by molar-refractivity contribution is 0.0506. The van der Waals surface area contributed by atoms with Crippen LogP contribution in [0.1, 0.15) is 43.5 Å². The minimum atomic E-state index is -0.271. The fourth-order valence-electron chi connectivity index (χ4n) is 2.51. The molecule has 1 aliphatic heterocycles. The highest BCUT2D eigenvalue weighted by atomic mass is 16.5. The van der Waals surface area contributed by atoms with Crippen LogP contribution in [0.25, 0.3) is 0 Å². The maximum absolute atomic E-state index is 12.2. The zero-order valence-electron chi connectivity index (χ0n) is 12.4. The Hall–Kier alpha value is -1.71. The van der Waals surface area contributed by atoms with E-state index in [1.165, 1.54) is 0 Å². The number of benzene rings is 1. The van der Waals surface area contributed by atoms with Gasteiger partial charge in [-0.2, -0.15) is 0 Å². The number of nitrogen functional groups attached to an aromatic ring is 1. The molecule has 1 heterocycles. The molecule has 1 aromatic rings. The number of carbonyl (C=O) groups is 1. The third-order valence-corrected chi connectivity index (χ3v) is 3.80. The maximum atomic E-state index is 12.2. The Morgan fingerprint density at radius 1 is 1.40 bits per heavy atom. The predicted octanol–water partition coefficient (Wildman–Crippen LogP) is 3.07. The van der Waals surface area contributed by atoms with Crippen molar-refractivity contribution >= 4 is 17.3 Å². The Morgan fingerprint density at radius 3 is 2.75 bits per heavy atom. The third kappa shape index (κ3) is 3.44. The Labute approximate surface area is 120 Å². The number of nitrogens with two attached hydrogens (primary N) is 1. The fourth-order valence-corrected chi connectivity index (χ4v) is 2.51. The topological polar surface area (TPSA) is 55.6 Å². The molecule has 0 spiro atoms. The van der Waals surface area contributed by atoms with E-state index in [1.807, 2.05) is 19.1 Å². The molecule has 2 N–H and O–H groups in total. The molecular formula is C16H24N2O2. The van der Waals surface area contributed by atoms with Gasteiger partial charge in [0.2, 0.25) is 0 Å². The van der Waals surface area contributed by atoms with Crippen LogP contribution < -0.4 is 10.6 Å². The van der Waals surface area contributed by atoms with E-state index in [1.54, 1.807) is 6.07 Å². The molecule has 1 aromatic carbocycles. The van der Waals surface area contributed by atoms with Crippen LogP contribution in [0, 0.1) is 5.92 Å². The zero-order valence-corrected chi connectivity index (χ0v) is 12.4. The molecule has 1 aliphatic rings. The SMILES string of the molecule is CCCOC(=O)c1cc(N)ccc1N1CCC(C)CC1. The van der Waals surface area contributed by atoms with Gasteiger partial charge < -0.3 is 15.4 Å². The van der Waals surface area contributed by atoms with Crippen LogP contribution in [-0.4, -0.2) is 25.7 Å². The summed E-state index contributed by atoms with van der Waals surface area (Å²) in [5.41, 5.74) is 7.96. The molecule has 0 aliphatic carbocycles. The van der Waals surface area contributed by atoms with Crippen molar-refractivity contribution in [3.63, 3.8) is 0 Å². The molecule has 20 heavy (non-hydrogen) atoms. The number of carbonyl (C=O) groups excluding carboxylic acids is 1. The van der Waals surface area contributed by atoms with E-state index in [4.69, 9.17) is 10.5 Å². The molecule has 2 rings (SSSR count). The summed E-state index contributed by atoms with van der Waals surface area (Å²) < 4.78 is 5.26. The standard InChI is InChI=1S/C16H24N2O2/c1-3-10-20-16(19)14-11-13(17)4-5-15(14)18-8-6-12(2)7-9-18/h4-5,11-12H,3,6-10,17H2,1-2H3. The first-order valence-electron chi connectivity index (χ1n) is 7.43. The Balaban J connectivity index is 2.21. The molecule has 0 atom stereocenters. The van der Waals surface area contributed by atoms with Crippen molar-refractivity contribution in [2.24, 2.45) is 5.92 Å². The molecule has 0 amide bonds. The van der Waals surface area contributed by atoms with E-state index >= 15 is 0 Å². The van der Waals surface area contributed by atoms with E-state index < -0.39 is 0 Å². The van der Waals surface area contributed by atoms with Crippen LogP contribution >= 0.6 is 0 Å². The minimum absolute atomic E-state index is 0.271. The average Bonchev–Trinajstić information content (AvgIpc) is 2.46. The number of hydrogen-bond acceptors (Lipinski definition) is 4. The van der Waals surface area contributed by atoms with Gasteiger partial charge in [-0.15, -0.1) is 0 Å². The third-order valence-electron chi connectivity index (χ3n) is 3.80. The van der Waals surface area contributed by atoms with Crippen molar-refractivity contribution in [1.82, 2.24) is 0 Å². The molecule has 1 fully saturated rings. The van der Waals surface area contributed by atoms with E-state index in [9.17, 15) is 4.79 Å². The Morgan fingerprint density at radius 2 is 2.10 bits per heavy atom. The Kier molecular flexibility index (Phi) is 4.88. The van der Waals surface area contributed by atoms with E-state index in [2.05, 4.69) is 11.8 Å². The van der Waals surface area contributed by atoms with Gasteiger partial charge >= 0.3 is 5.97 Å². The number of nitrogens with zero attached hydrogens (tertiary/aromatic N) is 1. The van der Waals surface area contributed by atoms with Crippen LogP contribution in [0.5, 0.6) is 0 Å². The van der Waals surface area contributed by atoms with Crippen molar-refractivity contribution in [3.8, 4) is 0 Å². The fraction of sp³-hybridized carbons (Fsp3) is 0.562. The van der Waals surface area contributed by atoms with E-state index in [-0.39, 0.29) is 5.97 Å². The predicted molar refractivity (Wildman–Crippen MR) is 82.0 cm³/mol. The zero-order chi connectivity index (χ0) is 14.5. The summed E-state index contributed by atoms with van der Waals surface area (Å²) in [4.78, 5) is 14.4. The number of hydrogen-bond donors (Lipinski definition) is 1. The number of esters is 1. The van der Waals surface area contributed by atoms with Gasteiger partial charge in [-0.25, -0.2) is 4.79 Å². The number of rotatable bonds is 4. The lowest BCUT2D eigenvalue weighted by Gasteiger charge is -2.33. The Bertz CT molecular complexity index is 466. The summed E-state index contributed by atoms with van der Waals surface area (Å²) in [6.45, 7) is 6.68. The van der Waals surface area contributed by atoms with Gasteiger partial charge in [-0.1, -0.05) is 13.8 Å². The lowest BCUT2D eigenvalue weighted by Crippen LogP contribution is -2.34. The molecule has 0 saturated carbocycles. The summed E-state index contributed by atoms with van der Waals surface area (Å²) in [6, 6.07) is 5.52. The lowest BCUT2D eigenvalue weighted by atomic mass is 9.98. The van der Waals surface area contributed by atoms with Crippen molar-refractivity contribution in [2.45, 2.75) is 33.1 Å². The molecule has 1 saturated heterocycles. The van der Waals surface area contributed by atoms with Crippen LogP contribution in [0.2, 0.25) is 0 Å². The van der Waals surface area contributed by atoms with Crippen LogP contribution in [-0.2, 0) is 4.74 Å². The smallest absolute Gasteiger partial charge is 0.340 e. The van der Waals surface area contributed by atoms with Crippen molar-refractivity contribution in [2.75, 3.05) is 30.3 Å². The van der Waals surface area contributed by atoms with E-state index in [0.29, 0.717) is 17.9 Å². The quantitative estimate of drug-likeness (QED) is 0.678. The summed E-state index contributed by atoms with van der Waals surface area (Å²) in [7, 11) is 0. The first-order chi connectivity index (χ1) is 9.61. The molecule has 0 aromatic heterocycles. The largest absolute Gasteiger partial charge is 0.462 e.